The van der Waals surface area contributed by atoms with Crippen LogP contribution in [0.2, 0.25) is 0 Å². The van der Waals surface area contributed by atoms with Gasteiger partial charge in [-0.15, -0.1) is 11.8 Å². The van der Waals surface area contributed by atoms with Crippen molar-refractivity contribution in [2.24, 2.45) is 0 Å². The Kier molecular flexibility index (Phi) is 6.27. The summed E-state index contributed by atoms with van der Waals surface area (Å²) >= 11 is 1.88. The minimum Gasteiger partial charge on any atom is -0.313 e. The van der Waals surface area contributed by atoms with Crippen LogP contribution in [0.4, 0.5) is 0 Å². The molecule has 0 aliphatic carbocycles. The van der Waals surface area contributed by atoms with Crippen LogP contribution >= 0.6 is 11.8 Å². The van der Waals surface area contributed by atoms with E-state index in [9.17, 15) is 0 Å². The van der Waals surface area contributed by atoms with E-state index in [-0.39, 0.29) is 0 Å². The van der Waals surface area contributed by atoms with Crippen molar-refractivity contribution in [3.63, 3.8) is 0 Å². The van der Waals surface area contributed by atoms with Crippen LogP contribution in [0, 0.1) is 0 Å². The van der Waals surface area contributed by atoms with Crippen LogP contribution in [-0.2, 0) is 6.54 Å². The highest BCUT2D eigenvalue weighted by Gasteiger charge is 1.94. The maximum atomic E-state index is 3.33. The fourth-order valence-electron chi connectivity index (χ4n) is 1.28. The first kappa shape index (κ1) is 13.3. The summed E-state index contributed by atoms with van der Waals surface area (Å²) in [7, 11) is 0. The monoisotopic (exact) mass is 235 g/mol. The number of hydrogen-bond acceptors (Lipinski definition) is 2. The highest BCUT2D eigenvalue weighted by Crippen LogP contribution is 2.18. The minimum atomic E-state index is 0.968. The summed E-state index contributed by atoms with van der Waals surface area (Å²) in [5.74, 6) is 1.06. The lowest BCUT2D eigenvalue weighted by atomic mass is 10.2. The molecule has 2 heteroatoms. The summed E-state index contributed by atoms with van der Waals surface area (Å²) < 4.78 is 0. The van der Waals surface area contributed by atoms with Crippen LogP contribution in [0.5, 0.6) is 0 Å². The first-order chi connectivity index (χ1) is 7.72. The van der Waals surface area contributed by atoms with Gasteiger partial charge >= 0.3 is 0 Å². The Balaban J connectivity index is 2.42. The molecule has 0 aliphatic heterocycles. The predicted molar refractivity (Wildman–Crippen MR) is 74.0 cm³/mol. The zero-order valence-electron chi connectivity index (χ0n) is 10.4. The molecule has 1 aromatic carbocycles. The Hall–Kier alpha value is -0.730. The highest BCUT2D eigenvalue weighted by atomic mass is 32.2. The van der Waals surface area contributed by atoms with Crippen LogP contribution in [0.15, 0.2) is 40.8 Å². The molecule has 0 aliphatic rings. The van der Waals surface area contributed by atoms with Crippen LogP contribution < -0.4 is 5.32 Å². The molecule has 1 rings (SSSR count). The fourth-order valence-corrected chi connectivity index (χ4v) is 2.22. The van der Waals surface area contributed by atoms with E-state index in [0.717, 1.165) is 18.8 Å². The van der Waals surface area contributed by atoms with E-state index in [1.54, 1.807) is 0 Å². The molecule has 1 N–H and O–H groups in total. The first-order valence-electron chi connectivity index (χ1n) is 5.78. The van der Waals surface area contributed by atoms with E-state index in [1.165, 1.54) is 16.0 Å². The topological polar surface area (TPSA) is 12.0 Å². The van der Waals surface area contributed by atoms with Crippen LogP contribution in [-0.4, -0.2) is 12.3 Å². The molecule has 1 nitrogen and oxygen atoms in total. The number of allylic oxidation sites excluding steroid dienone is 1. The fraction of sp³-hybridized carbons (Fsp3) is 0.429. The van der Waals surface area contributed by atoms with Gasteiger partial charge in [0.05, 0.1) is 0 Å². The van der Waals surface area contributed by atoms with Gasteiger partial charge in [-0.25, -0.2) is 0 Å². The maximum absolute atomic E-state index is 3.33. The van der Waals surface area contributed by atoms with Crippen molar-refractivity contribution in [1.82, 2.24) is 5.32 Å². The summed E-state index contributed by atoms with van der Waals surface area (Å²) in [5.41, 5.74) is 2.74. The molecule has 0 aromatic heterocycles. The standard InChI is InChI=1S/C14H21NS/c1-4-15-11-13-5-7-14(8-6-13)16-10-9-12(2)3/h5-9,15H,4,10-11H2,1-3H3. The number of nitrogens with one attached hydrogen (secondary N) is 1. The van der Waals surface area contributed by atoms with E-state index in [2.05, 4.69) is 56.4 Å². The summed E-state index contributed by atoms with van der Waals surface area (Å²) in [6.07, 6.45) is 2.26. The molecule has 0 saturated heterocycles. The van der Waals surface area contributed by atoms with Crippen molar-refractivity contribution < 1.29 is 0 Å². The van der Waals surface area contributed by atoms with Crippen LogP contribution in [0.1, 0.15) is 26.3 Å². The molecule has 0 bridgehead atoms. The van der Waals surface area contributed by atoms with E-state index >= 15 is 0 Å². The van der Waals surface area contributed by atoms with E-state index in [0.29, 0.717) is 0 Å². The highest BCUT2D eigenvalue weighted by molar-refractivity contribution is 7.99. The lowest BCUT2D eigenvalue weighted by molar-refractivity contribution is 0.726. The quantitative estimate of drug-likeness (QED) is 0.593. The van der Waals surface area contributed by atoms with Gasteiger partial charge < -0.3 is 5.32 Å². The average molecular weight is 235 g/mol. The van der Waals surface area contributed by atoms with Crippen LogP contribution in [0.25, 0.3) is 0 Å². The molecular weight excluding hydrogens is 214 g/mol. The second-order valence-electron chi connectivity index (χ2n) is 4.02. The lowest BCUT2D eigenvalue weighted by Crippen LogP contribution is -2.11. The van der Waals surface area contributed by atoms with Crippen molar-refractivity contribution in [3.8, 4) is 0 Å². The molecule has 0 heterocycles. The normalized spacial score (nSPS) is 10.2. The van der Waals surface area contributed by atoms with Gasteiger partial charge in [0.25, 0.3) is 0 Å². The van der Waals surface area contributed by atoms with Gasteiger partial charge in [0, 0.05) is 17.2 Å². The van der Waals surface area contributed by atoms with Crippen molar-refractivity contribution in [2.75, 3.05) is 12.3 Å². The Bertz CT molecular complexity index is 323. The van der Waals surface area contributed by atoms with E-state index in [4.69, 9.17) is 0 Å². The summed E-state index contributed by atoms with van der Waals surface area (Å²) in [5, 5.41) is 3.33. The van der Waals surface area contributed by atoms with Crippen molar-refractivity contribution >= 4 is 11.8 Å². The van der Waals surface area contributed by atoms with Gasteiger partial charge in [0.2, 0.25) is 0 Å². The van der Waals surface area contributed by atoms with Crippen LogP contribution in [0.3, 0.4) is 0 Å². The molecule has 0 atom stereocenters. The van der Waals surface area contributed by atoms with Gasteiger partial charge in [0.15, 0.2) is 0 Å². The Morgan fingerprint density at radius 1 is 1.25 bits per heavy atom. The van der Waals surface area contributed by atoms with E-state index < -0.39 is 0 Å². The summed E-state index contributed by atoms with van der Waals surface area (Å²) in [4.78, 5) is 1.35. The minimum absolute atomic E-state index is 0.968. The lowest BCUT2D eigenvalue weighted by Gasteiger charge is -2.03. The maximum Gasteiger partial charge on any atom is 0.0205 e. The Labute approximate surface area is 103 Å². The van der Waals surface area contributed by atoms with Gasteiger partial charge in [0.1, 0.15) is 0 Å². The van der Waals surface area contributed by atoms with Gasteiger partial charge in [-0.1, -0.05) is 30.7 Å². The zero-order chi connectivity index (χ0) is 11.8. The molecule has 88 valence electrons. The third kappa shape index (κ3) is 5.38. The van der Waals surface area contributed by atoms with Crippen molar-refractivity contribution in [1.29, 1.82) is 0 Å². The second kappa shape index (κ2) is 7.53. The summed E-state index contributed by atoms with van der Waals surface area (Å²) in [6.45, 7) is 8.40. The molecular formula is C14H21NS. The molecule has 1 aromatic rings. The smallest absolute Gasteiger partial charge is 0.0205 e. The largest absolute Gasteiger partial charge is 0.313 e. The first-order valence-corrected chi connectivity index (χ1v) is 6.76. The molecule has 0 saturated carbocycles. The molecule has 0 radical (unpaired) electrons. The molecule has 0 amide bonds. The molecule has 0 spiro atoms. The SMILES string of the molecule is CCNCc1ccc(SCC=C(C)C)cc1. The third-order valence-electron chi connectivity index (χ3n) is 2.24. The van der Waals surface area contributed by atoms with E-state index in [1.807, 2.05) is 11.8 Å². The van der Waals surface area contributed by atoms with Gasteiger partial charge in [-0.3, -0.25) is 0 Å². The molecule has 0 fully saturated rings. The average Bonchev–Trinajstić information content (AvgIpc) is 2.27. The predicted octanol–water partition coefficient (Wildman–Crippen LogP) is 3.85. The Morgan fingerprint density at radius 3 is 2.50 bits per heavy atom. The van der Waals surface area contributed by atoms with Crippen molar-refractivity contribution in [2.45, 2.75) is 32.2 Å². The molecule has 16 heavy (non-hydrogen) atoms. The number of hydrogen-bond donors (Lipinski definition) is 1. The molecule has 0 unspecified atom stereocenters. The zero-order valence-corrected chi connectivity index (χ0v) is 11.2. The van der Waals surface area contributed by atoms with Gasteiger partial charge in [-0.05, 0) is 38.1 Å². The third-order valence-corrected chi connectivity index (χ3v) is 3.18. The van der Waals surface area contributed by atoms with Crippen molar-refractivity contribution in [3.05, 3.63) is 41.5 Å². The second-order valence-corrected chi connectivity index (χ2v) is 5.11. The Morgan fingerprint density at radius 2 is 1.94 bits per heavy atom. The number of rotatable bonds is 6. The number of benzene rings is 1. The van der Waals surface area contributed by atoms with Gasteiger partial charge in [-0.2, -0.15) is 0 Å². The number of thioether (sulfide) groups is 1. The summed E-state index contributed by atoms with van der Waals surface area (Å²) in [6, 6.07) is 8.81.